The molecule has 0 atom stereocenters. The molecule has 17 heavy (non-hydrogen) atoms. The summed E-state index contributed by atoms with van der Waals surface area (Å²) in [7, 11) is 3.95. The van der Waals surface area contributed by atoms with Gasteiger partial charge in [-0.25, -0.2) is 0 Å². The first-order valence-electron chi connectivity index (χ1n) is 5.87. The van der Waals surface area contributed by atoms with Crippen molar-refractivity contribution in [1.82, 2.24) is 5.32 Å². The third-order valence-electron chi connectivity index (χ3n) is 2.38. The van der Waals surface area contributed by atoms with E-state index >= 15 is 0 Å². The summed E-state index contributed by atoms with van der Waals surface area (Å²) >= 11 is 0. The number of likely N-dealkylation sites (N-methyl/N-ethyl adjacent to an activating group) is 1. The van der Waals surface area contributed by atoms with Gasteiger partial charge in [-0.15, -0.1) is 0 Å². The van der Waals surface area contributed by atoms with Crippen LogP contribution in [-0.4, -0.2) is 40.6 Å². The number of anilines is 1. The minimum absolute atomic E-state index is 0.0945. The maximum absolute atomic E-state index is 11.5. The molecule has 0 aliphatic rings. The molecule has 1 aromatic carbocycles. The van der Waals surface area contributed by atoms with Gasteiger partial charge in [0.25, 0.3) is 0 Å². The number of benzene rings is 1. The Labute approximate surface area is 103 Å². The van der Waals surface area contributed by atoms with Crippen molar-refractivity contribution in [2.24, 2.45) is 0 Å². The van der Waals surface area contributed by atoms with Crippen LogP contribution in [0.4, 0.5) is 5.69 Å². The van der Waals surface area contributed by atoms with Gasteiger partial charge in [0.05, 0.1) is 6.61 Å². The van der Waals surface area contributed by atoms with E-state index in [9.17, 15) is 4.79 Å². The minimum atomic E-state index is -0.120. The number of carbonyl (C=O) groups is 1. The monoisotopic (exact) mass is 234 g/mol. The number of hydrogen-bond donors (Lipinski definition) is 2. The Morgan fingerprint density at radius 2 is 2.06 bits per heavy atom. The lowest BCUT2D eigenvalue weighted by atomic mass is 9.97. The molecule has 0 saturated carbocycles. The highest BCUT2D eigenvalue weighted by Gasteiger charge is 2.01. The Bertz CT molecular complexity index is 341. The lowest BCUT2D eigenvalue weighted by molar-refractivity contribution is -0.120. The van der Waals surface area contributed by atoms with Crippen LogP contribution in [0.25, 0.3) is 0 Å². The summed E-state index contributed by atoms with van der Waals surface area (Å²) in [6.07, 6.45) is 1.00. The Morgan fingerprint density at radius 1 is 1.35 bits per heavy atom. The summed E-state index contributed by atoms with van der Waals surface area (Å²) in [6, 6.07) is 7.84. The third kappa shape index (κ3) is 5.52. The predicted molar refractivity (Wildman–Crippen MR) is 72.1 cm³/mol. The van der Waals surface area contributed by atoms with Crippen LogP contribution < -0.4 is 10.6 Å². The maximum atomic E-state index is 11.5. The van der Waals surface area contributed by atoms with Crippen LogP contribution in [0, 0.1) is 0 Å². The first-order valence-corrected chi connectivity index (χ1v) is 5.87. The molecule has 5 heteroatoms. The van der Waals surface area contributed by atoms with Gasteiger partial charge in [0.2, 0.25) is 5.91 Å². The summed E-state index contributed by atoms with van der Waals surface area (Å²) < 4.78 is 5.18. The first-order chi connectivity index (χ1) is 8.26. The van der Waals surface area contributed by atoms with E-state index in [0.717, 1.165) is 18.6 Å². The predicted octanol–water partition coefficient (Wildman–Crippen LogP) is -0.00580. The van der Waals surface area contributed by atoms with Crippen LogP contribution in [0.15, 0.2) is 24.3 Å². The van der Waals surface area contributed by atoms with Gasteiger partial charge in [0.1, 0.15) is 14.5 Å². The van der Waals surface area contributed by atoms with E-state index in [-0.39, 0.29) is 12.5 Å². The molecule has 0 unspecified atom stereocenters. The topological polar surface area (TPSA) is 50.4 Å². The Kier molecular flexibility index (Phi) is 6.36. The minimum Gasteiger partial charge on any atom is -0.370 e. The van der Waals surface area contributed by atoms with E-state index in [2.05, 4.69) is 18.5 Å². The van der Waals surface area contributed by atoms with Crippen molar-refractivity contribution in [3.8, 4) is 0 Å². The number of carbonyl (C=O) groups excluding carboxylic acids is 1. The zero-order chi connectivity index (χ0) is 12.5. The van der Waals surface area contributed by atoms with Crippen molar-refractivity contribution >= 4 is 19.4 Å². The van der Waals surface area contributed by atoms with Gasteiger partial charge in [0.15, 0.2) is 0 Å². The summed E-state index contributed by atoms with van der Waals surface area (Å²) in [6.45, 7) is 1.38. The van der Waals surface area contributed by atoms with E-state index in [1.807, 2.05) is 31.3 Å². The average molecular weight is 234 g/mol. The molecule has 0 aromatic heterocycles. The molecule has 0 radical (unpaired) electrons. The molecular formula is C12H19BN2O2. The van der Waals surface area contributed by atoms with Crippen LogP contribution in [0.2, 0.25) is 0 Å². The van der Waals surface area contributed by atoms with Crippen LogP contribution >= 0.6 is 0 Å². The molecule has 0 heterocycles. The number of hydrogen-bond acceptors (Lipinski definition) is 3. The van der Waals surface area contributed by atoms with E-state index < -0.39 is 0 Å². The molecule has 0 fully saturated rings. The molecule has 4 nitrogen and oxygen atoms in total. The Balaban J connectivity index is 2.29. The van der Waals surface area contributed by atoms with Gasteiger partial charge < -0.3 is 15.4 Å². The molecular weight excluding hydrogens is 215 g/mol. The fourth-order valence-corrected chi connectivity index (χ4v) is 1.36. The standard InChI is InChI=1S/C12H19BN2O2/c1-14-6-7-17-9-12(16)15-11-4-2-10(8-13)3-5-11/h2-5,14H,6-9,13H2,1H3,(H,15,16). The van der Waals surface area contributed by atoms with E-state index in [1.54, 1.807) is 0 Å². The fraction of sp³-hybridized carbons (Fsp3) is 0.417. The highest BCUT2D eigenvalue weighted by Crippen LogP contribution is 2.09. The molecule has 0 saturated heterocycles. The van der Waals surface area contributed by atoms with E-state index in [4.69, 9.17) is 4.74 Å². The summed E-state index contributed by atoms with van der Waals surface area (Å²) in [5, 5.41) is 5.73. The van der Waals surface area contributed by atoms with Crippen LogP contribution in [-0.2, 0) is 15.9 Å². The summed E-state index contributed by atoms with van der Waals surface area (Å²) in [5.74, 6) is -0.120. The lowest BCUT2D eigenvalue weighted by Crippen LogP contribution is -2.21. The Hall–Kier alpha value is -1.33. The van der Waals surface area contributed by atoms with Gasteiger partial charge in [-0.3, -0.25) is 4.79 Å². The molecule has 2 N–H and O–H groups in total. The van der Waals surface area contributed by atoms with Crippen LogP contribution in [0.5, 0.6) is 0 Å². The van der Waals surface area contributed by atoms with Gasteiger partial charge in [-0.05, 0) is 19.2 Å². The van der Waals surface area contributed by atoms with Crippen LogP contribution in [0.3, 0.4) is 0 Å². The zero-order valence-corrected chi connectivity index (χ0v) is 10.5. The molecule has 92 valence electrons. The van der Waals surface area contributed by atoms with Crippen molar-refractivity contribution in [3.63, 3.8) is 0 Å². The summed E-state index contributed by atoms with van der Waals surface area (Å²) in [5.41, 5.74) is 2.07. The highest BCUT2D eigenvalue weighted by molar-refractivity contribution is 6.08. The van der Waals surface area contributed by atoms with Crippen molar-refractivity contribution in [2.45, 2.75) is 6.32 Å². The molecule has 1 amide bonds. The fourth-order valence-electron chi connectivity index (χ4n) is 1.36. The van der Waals surface area contributed by atoms with Crippen molar-refractivity contribution in [3.05, 3.63) is 29.8 Å². The van der Waals surface area contributed by atoms with Gasteiger partial charge in [-0.1, -0.05) is 24.0 Å². The summed E-state index contributed by atoms with van der Waals surface area (Å²) in [4.78, 5) is 11.5. The quantitative estimate of drug-likeness (QED) is 0.515. The van der Waals surface area contributed by atoms with E-state index in [0.29, 0.717) is 6.61 Å². The highest BCUT2D eigenvalue weighted by atomic mass is 16.5. The van der Waals surface area contributed by atoms with Crippen molar-refractivity contribution in [1.29, 1.82) is 0 Å². The number of ether oxygens (including phenoxy) is 1. The normalized spacial score (nSPS) is 10.2. The molecule has 0 aliphatic heterocycles. The van der Waals surface area contributed by atoms with Crippen molar-refractivity contribution < 1.29 is 9.53 Å². The largest absolute Gasteiger partial charge is 0.370 e. The molecule has 0 spiro atoms. The third-order valence-corrected chi connectivity index (χ3v) is 2.38. The van der Waals surface area contributed by atoms with Gasteiger partial charge in [0, 0.05) is 12.2 Å². The molecule has 0 aliphatic carbocycles. The molecule has 1 rings (SSSR count). The van der Waals surface area contributed by atoms with Gasteiger partial charge >= 0.3 is 0 Å². The zero-order valence-electron chi connectivity index (χ0n) is 10.5. The second-order valence-corrected chi connectivity index (χ2v) is 3.75. The van der Waals surface area contributed by atoms with Gasteiger partial charge in [-0.2, -0.15) is 0 Å². The number of rotatable bonds is 7. The SMILES string of the molecule is BCc1ccc(NC(=O)COCCNC)cc1. The Morgan fingerprint density at radius 3 is 2.65 bits per heavy atom. The van der Waals surface area contributed by atoms with Crippen LogP contribution in [0.1, 0.15) is 5.56 Å². The second-order valence-electron chi connectivity index (χ2n) is 3.75. The second kappa shape index (κ2) is 7.87. The average Bonchev–Trinajstić information content (AvgIpc) is 2.36. The van der Waals surface area contributed by atoms with E-state index in [1.165, 1.54) is 5.56 Å². The lowest BCUT2D eigenvalue weighted by Gasteiger charge is -2.06. The number of nitrogens with one attached hydrogen (secondary N) is 2. The van der Waals surface area contributed by atoms with Crippen molar-refractivity contribution in [2.75, 3.05) is 32.1 Å². The smallest absolute Gasteiger partial charge is 0.250 e. The molecule has 0 bridgehead atoms. The molecule has 1 aromatic rings. The first kappa shape index (κ1) is 13.7. The maximum Gasteiger partial charge on any atom is 0.250 e. The number of amides is 1.